The van der Waals surface area contributed by atoms with Crippen molar-refractivity contribution >= 4 is 27.4 Å². The number of rotatable bonds is 1. The minimum atomic E-state index is 0.350. The normalized spacial score (nSPS) is 10.2. The number of pyridine rings is 1. The summed E-state index contributed by atoms with van der Waals surface area (Å²) in [7, 11) is 0. The van der Waals surface area contributed by atoms with Crippen LogP contribution in [0, 0.1) is 0 Å². The molecule has 0 bridgehead atoms. The van der Waals surface area contributed by atoms with E-state index in [1.165, 1.54) is 0 Å². The molecule has 0 aliphatic heterocycles. The molecular weight excluding hydrogens is 258 g/mol. The van der Waals surface area contributed by atoms with Gasteiger partial charge in [0.2, 0.25) is 0 Å². The molecule has 0 radical (unpaired) electrons. The number of hydrogen-bond acceptors (Lipinski definition) is 5. The molecule has 0 aromatic carbocycles. The third-order valence-electron chi connectivity index (χ3n) is 1.80. The zero-order valence-corrected chi connectivity index (χ0v) is 9.27. The van der Waals surface area contributed by atoms with E-state index in [2.05, 4.69) is 30.9 Å². The van der Waals surface area contributed by atoms with Gasteiger partial charge in [-0.25, -0.2) is 9.97 Å². The fourth-order valence-electron chi connectivity index (χ4n) is 1.09. The lowest BCUT2D eigenvalue weighted by molar-refractivity contribution is 1.16. The van der Waals surface area contributed by atoms with Crippen LogP contribution in [0.2, 0.25) is 0 Å². The van der Waals surface area contributed by atoms with Crippen LogP contribution in [0.25, 0.3) is 11.4 Å². The molecule has 2 aromatic rings. The van der Waals surface area contributed by atoms with Crippen molar-refractivity contribution in [2.24, 2.45) is 0 Å². The lowest BCUT2D eigenvalue weighted by Crippen LogP contribution is -1.97. The predicted octanol–water partition coefficient (Wildman–Crippen LogP) is 1.47. The van der Waals surface area contributed by atoms with Gasteiger partial charge in [-0.3, -0.25) is 4.98 Å². The Balaban J connectivity index is 2.50. The van der Waals surface area contributed by atoms with Gasteiger partial charge in [0.15, 0.2) is 5.82 Å². The molecule has 4 N–H and O–H groups in total. The predicted molar refractivity (Wildman–Crippen MR) is 61.8 cm³/mol. The maximum atomic E-state index is 5.64. The number of aromatic nitrogens is 3. The Hall–Kier alpha value is -1.69. The minimum Gasteiger partial charge on any atom is -0.399 e. The molecule has 2 aromatic heterocycles. The molecule has 0 aliphatic carbocycles. The molecule has 15 heavy (non-hydrogen) atoms. The van der Waals surface area contributed by atoms with Crippen LogP contribution in [-0.2, 0) is 0 Å². The van der Waals surface area contributed by atoms with Gasteiger partial charge in [0, 0.05) is 11.9 Å². The SMILES string of the molecule is Nc1ccnc(-c2cnc(N)c(Br)n2)c1. The quantitative estimate of drug-likeness (QED) is 0.815. The molecule has 0 atom stereocenters. The minimum absolute atomic E-state index is 0.350. The van der Waals surface area contributed by atoms with E-state index in [1.54, 1.807) is 24.5 Å². The highest BCUT2D eigenvalue weighted by atomic mass is 79.9. The summed E-state index contributed by atoms with van der Waals surface area (Å²) in [5, 5.41) is 0. The Morgan fingerprint density at radius 2 is 1.93 bits per heavy atom. The number of nitrogen functional groups attached to an aromatic ring is 2. The Morgan fingerprint density at radius 3 is 2.60 bits per heavy atom. The number of nitrogens with zero attached hydrogens (tertiary/aromatic N) is 3. The van der Waals surface area contributed by atoms with Gasteiger partial charge >= 0.3 is 0 Å². The Kier molecular flexibility index (Phi) is 2.51. The lowest BCUT2D eigenvalue weighted by Gasteiger charge is -2.02. The summed E-state index contributed by atoms with van der Waals surface area (Å²) in [6.45, 7) is 0. The van der Waals surface area contributed by atoms with E-state index in [-0.39, 0.29) is 0 Å². The van der Waals surface area contributed by atoms with E-state index in [4.69, 9.17) is 11.5 Å². The van der Waals surface area contributed by atoms with Gasteiger partial charge in [-0.1, -0.05) is 0 Å². The molecule has 0 aliphatic rings. The van der Waals surface area contributed by atoms with Crippen LogP contribution >= 0.6 is 15.9 Å². The highest BCUT2D eigenvalue weighted by Gasteiger charge is 2.05. The highest BCUT2D eigenvalue weighted by molar-refractivity contribution is 9.10. The average Bonchev–Trinajstić information content (AvgIpc) is 2.22. The lowest BCUT2D eigenvalue weighted by atomic mass is 10.2. The van der Waals surface area contributed by atoms with Crippen LogP contribution in [0.5, 0.6) is 0 Å². The molecule has 0 saturated heterocycles. The third-order valence-corrected chi connectivity index (χ3v) is 2.39. The van der Waals surface area contributed by atoms with Gasteiger partial charge in [0.25, 0.3) is 0 Å². The van der Waals surface area contributed by atoms with Crippen molar-refractivity contribution < 1.29 is 0 Å². The molecule has 0 fully saturated rings. The topological polar surface area (TPSA) is 90.7 Å². The van der Waals surface area contributed by atoms with Gasteiger partial charge < -0.3 is 11.5 Å². The zero-order chi connectivity index (χ0) is 10.8. The largest absolute Gasteiger partial charge is 0.399 e. The summed E-state index contributed by atoms with van der Waals surface area (Å²) in [6.07, 6.45) is 3.18. The molecule has 0 amide bonds. The summed E-state index contributed by atoms with van der Waals surface area (Å²) in [4.78, 5) is 12.3. The first-order valence-electron chi connectivity index (χ1n) is 4.17. The van der Waals surface area contributed by atoms with Crippen molar-refractivity contribution in [2.75, 3.05) is 11.5 Å². The summed E-state index contributed by atoms with van der Waals surface area (Å²) in [5.74, 6) is 0.350. The van der Waals surface area contributed by atoms with Gasteiger partial charge in [-0.2, -0.15) is 0 Å². The second-order valence-corrected chi connectivity index (χ2v) is 3.66. The standard InChI is InChI=1S/C9H8BrN5/c10-8-9(12)14-4-7(15-8)6-3-5(11)1-2-13-6/h1-4H,(H2,11,13)(H2,12,14). The molecule has 5 nitrogen and oxygen atoms in total. The van der Waals surface area contributed by atoms with E-state index in [9.17, 15) is 0 Å². The Morgan fingerprint density at radius 1 is 1.13 bits per heavy atom. The maximum absolute atomic E-state index is 5.64. The highest BCUT2D eigenvalue weighted by Crippen LogP contribution is 2.20. The van der Waals surface area contributed by atoms with Gasteiger partial charge in [-0.05, 0) is 28.1 Å². The number of anilines is 2. The van der Waals surface area contributed by atoms with Crippen molar-refractivity contribution in [1.29, 1.82) is 0 Å². The molecule has 2 rings (SSSR count). The van der Waals surface area contributed by atoms with Crippen LogP contribution in [0.15, 0.2) is 29.1 Å². The van der Waals surface area contributed by atoms with E-state index < -0.39 is 0 Å². The third kappa shape index (κ3) is 2.04. The molecule has 0 unspecified atom stereocenters. The number of hydrogen-bond donors (Lipinski definition) is 2. The maximum Gasteiger partial charge on any atom is 0.156 e. The van der Waals surface area contributed by atoms with E-state index in [0.717, 1.165) is 0 Å². The van der Waals surface area contributed by atoms with Crippen LogP contribution in [0.1, 0.15) is 0 Å². The van der Waals surface area contributed by atoms with Gasteiger partial charge in [0.05, 0.1) is 11.9 Å². The van der Waals surface area contributed by atoms with E-state index >= 15 is 0 Å². The van der Waals surface area contributed by atoms with E-state index in [1.807, 2.05) is 0 Å². The van der Waals surface area contributed by atoms with E-state index in [0.29, 0.717) is 27.5 Å². The average molecular weight is 266 g/mol. The van der Waals surface area contributed by atoms with Crippen LogP contribution in [0.3, 0.4) is 0 Å². The molecule has 76 valence electrons. The zero-order valence-electron chi connectivity index (χ0n) is 7.68. The Labute approximate surface area is 94.7 Å². The Bertz CT molecular complexity index is 500. The second-order valence-electron chi connectivity index (χ2n) is 2.91. The number of nitrogens with two attached hydrogens (primary N) is 2. The van der Waals surface area contributed by atoms with Gasteiger partial charge in [0.1, 0.15) is 10.3 Å². The van der Waals surface area contributed by atoms with Crippen molar-refractivity contribution in [3.05, 3.63) is 29.1 Å². The van der Waals surface area contributed by atoms with Gasteiger partial charge in [-0.15, -0.1) is 0 Å². The van der Waals surface area contributed by atoms with Crippen LogP contribution < -0.4 is 11.5 Å². The van der Waals surface area contributed by atoms with Crippen molar-refractivity contribution in [3.8, 4) is 11.4 Å². The molecule has 2 heterocycles. The fourth-order valence-corrected chi connectivity index (χ4v) is 1.38. The van der Waals surface area contributed by atoms with Crippen LogP contribution in [0.4, 0.5) is 11.5 Å². The molecule has 0 saturated carbocycles. The summed E-state index contributed by atoms with van der Waals surface area (Å²) in [5.41, 5.74) is 13.1. The monoisotopic (exact) mass is 265 g/mol. The van der Waals surface area contributed by atoms with Crippen LogP contribution in [-0.4, -0.2) is 15.0 Å². The first-order chi connectivity index (χ1) is 7.16. The second kappa shape index (κ2) is 3.82. The van der Waals surface area contributed by atoms with Crippen molar-refractivity contribution in [2.45, 2.75) is 0 Å². The molecular formula is C9H8BrN5. The first kappa shape index (κ1) is 9.85. The van der Waals surface area contributed by atoms with Crippen molar-refractivity contribution in [1.82, 2.24) is 15.0 Å². The van der Waals surface area contributed by atoms with Crippen molar-refractivity contribution in [3.63, 3.8) is 0 Å². The summed E-state index contributed by atoms with van der Waals surface area (Å²) in [6, 6.07) is 3.44. The fraction of sp³-hybridized carbons (Fsp3) is 0. The molecule has 6 heteroatoms. The molecule has 0 spiro atoms. The first-order valence-corrected chi connectivity index (χ1v) is 4.96. The number of halogens is 1. The smallest absolute Gasteiger partial charge is 0.156 e. The summed E-state index contributed by atoms with van der Waals surface area (Å²) >= 11 is 3.20. The summed E-state index contributed by atoms with van der Waals surface area (Å²) < 4.78 is 0.504.